The van der Waals surface area contributed by atoms with Gasteiger partial charge >= 0.3 is 18.2 Å². The van der Waals surface area contributed by atoms with Crippen LogP contribution in [0.2, 0.25) is 5.02 Å². The average Bonchev–Trinajstić information content (AvgIpc) is 2.50. The first-order valence-electron chi connectivity index (χ1n) is 6.87. The maximum absolute atomic E-state index is 11.9. The number of alkyl halides is 3. The first-order valence-corrected chi connectivity index (χ1v) is 7.25. The van der Waals surface area contributed by atoms with Crippen molar-refractivity contribution < 1.29 is 32.3 Å². The van der Waals surface area contributed by atoms with E-state index in [1.54, 1.807) is 17.4 Å². The van der Waals surface area contributed by atoms with Crippen molar-refractivity contribution in [3.8, 4) is 0 Å². The van der Waals surface area contributed by atoms with Gasteiger partial charge in [0.05, 0.1) is 12.5 Å². The molecule has 4 N–H and O–H groups in total. The van der Waals surface area contributed by atoms with Gasteiger partial charge in [0.2, 0.25) is 0 Å². The lowest BCUT2D eigenvalue weighted by Gasteiger charge is -2.17. The fourth-order valence-electron chi connectivity index (χ4n) is 1.74. The number of benzene rings is 1. The third-order valence-corrected chi connectivity index (χ3v) is 3.06. The van der Waals surface area contributed by atoms with Crippen LogP contribution in [0.5, 0.6) is 0 Å². The SMILES string of the molecule is NC(=O)NC(CC(=O)OCC(=O)NCC(F)(F)F)c1ccc(Cl)cc1. The van der Waals surface area contributed by atoms with Gasteiger partial charge in [-0.3, -0.25) is 9.59 Å². The molecule has 0 spiro atoms. The van der Waals surface area contributed by atoms with Crippen molar-refractivity contribution in [2.75, 3.05) is 13.2 Å². The van der Waals surface area contributed by atoms with Crippen molar-refractivity contribution in [3.05, 3.63) is 34.9 Å². The number of nitrogens with two attached hydrogens (primary N) is 1. The van der Waals surface area contributed by atoms with Crippen molar-refractivity contribution in [3.63, 3.8) is 0 Å². The van der Waals surface area contributed by atoms with Crippen molar-refractivity contribution in [2.45, 2.75) is 18.6 Å². The molecule has 0 aliphatic carbocycles. The molecule has 0 saturated carbocycles. The highest BCUT2D eigenvalue weighted by molar-refractivity contribution is 6.30. The normalized spacial score (nSPS) is 12.2. The molecular weight excluding hydrogens is 367 g/mol. The van der Waals surface area contributed by atoms with Crippen molar-refractivity contribution >= 4 is 29.5 Å². The Bertz CT molecular complexity index is 623. The molecule has 0 fully saturated rings. The zero-order chi connectivity index (χ0) is 19.0. The number of ether oxygens (including phenoxy) is 1. The van der Waals surface area contributed by atoms with E-state index < -0.39 is 43.3 Å². The summed E-state index contributed by atoms with van der Waals surface area (Å²) >= 11 is 5.75. The summed E-state index contributed by atoms with van der Waals surface area (Å²) < 4.78 is 40.4. The average molecular weight is 382 g/mol. The van der Waals surface area contributed by atoms with E-state index in [9.17, 15) is 27.6 Å². The molecule has 1 unspecified atom stereocenters. The predicted octanol–water partition coefficient (Wildman–Crippen LogP) is 1.66. The highest BCUT2D eigenvalue weighted by atomic mass is 35.5. The molecule has 0 aliphatic heterocycles. The van der Waals surface area contributed by atoms with Crippen LogP contribution in [0.3, 0.4) is 0 Å². The molecule has 7 nitrogen and oxygen atoms in total. The summed E-state index contributed by atoms with van der Waals surface area (Å²) in [6.45, 7) is -2.40. The molecule has 0 radical (unpaired) electrons. The van der Waals surface area contributed by atoms with Gasteiger partial charge in [-0.15, -0.1) is 0 Å². The summed E-state index contributed by atoms with van der Waals surface area (Å²) in [6.07, 6.45) is -4.94. The summed E-state index contributed by atoms with van der Waals surface area (Å²) in [4.78, 5) is 33.9. The van der Waals surface area contributed by atoms with Gasteiger partial charge in [-0.05, 0) is 17.7 Å². The molecule has 0 saturated heterocycles. The number of hydrogen-bond acceptors (Lipinski definition) is 4. The number of nitrogens with one attached hydrogen (secondary N) is 2. The Morgan fingerprint density at radius 2 is 1.80 bits per heavy atom. The van der Waals surface area contributed by atoms with Gasteiger partial charge < -0.3 is 21.1 Å². The molecule has 138 valence electrons. The molecule has 3 amide bonds. The Morgan fingerprint density at radius 3 is 2.32 bits per heavy atom. The van der Waals surface area contributed by atoms with E-state index in [1.165, 1.54) is 12.1 Å². The number of urea groups is 1. The van der Waals surface area contributed by atoms with Crippen LogP contribution < -0.4 is 16.4 Å². The molecule has 0 aliphatic rings. The van der Waals surface area contributed by atoms with Crippen LogP contribution in [-0.2, 0) is 14.3 Å². The number of esters is 1. The Morgan fingerprint density at radius 1 is 1.20 bits per heavy atom. The van der Waals surface area contributed by atoms with E-state index in [4.69, 9.17) is 17.3 Å². The molecule has 1 atom stereocenters. The summed E-state index contributed by atoms with van der Waals surface area (Å²) in [5, 5.41) is 4.32. The van der Waals surface area contributed by atoms with Gasteiger partial charge in [0, 0.05) is 5.02 Å². The zero-order valence-corrected chi connectivity index (χ0v) is 13.5. The number of carbonyl (C=O) groups is 3. The van der Waals surface area contributed by atoms with Gasteiger partial charge in [-0.2, -0.15) is 13.2 Å². The lowest BCUT2D eigenvalue weighted by atomic mass is 10.0. The van der Waals surface area contributed by atoms with Crippen LogP contribution >= 0.6 is 11.6 Å². The maximum Gasteiger partial charge on any atom is 0.405 e. The van der Waals surface area contributed by atoms with Gasteiger partial charge in [0.1, 0.15) is 6.54 Å². The second kappa shape index (κ2) is 9.11. The van der Waals surface area contributed by atoms with Crippen LogP contribution in [0.1, 0.15) is 18.0 Å². The summed E-state index contributed by atoms with van der Waals surface area (Å²) in [7, 11) is 0. The third-order valence-electron chi connectivity index (χ3n) is 2.81. The van der Waals surface area contributed by atoms with Crippen LogP contribution in [-0.4, -0.2) is 37.2 Å². The summed E-state index contributed by atoms with van der Waals surface area (Å²) in [5.41, 5.74) is 5.54. The lowest BCUT2D eigenvalue weighted by molar-refractivity contribution is -0.151. The highest BCUT2D eigenvalue weighted by Gasteiger charge is 2.28. The van der Waals surface area contributed by atoms with Crippen LogP contribution in [0, 0.1) is 0 Å². The van der Waals surface area contributed by atoms with Gasteiger partial charge in [0.15, 0.2) is 6.61 Å². The largest absolute Gasteiger partial charge is 0.456 e. The number of amides is 3. The zero-order valence-electron chi connectivity index (χ0n) is 12.7. The topological polar surface area (TPSA) is 111 Å². The standard InChI is InChI=1S/C14H15ClF3N3O4/c15-9-3-1-8(2-4-9)10(21-13(19)24)5-12(23)25-6-11(22)20-7-14(16,17)18/h1-4,10H,5-7H2,(H,20,22)(H3,19,21,24). The minimum atomic E-state index is -4.56. The Hall–Kier alpha value is -2.49. The fraction of sp³-hybridized carbons (Fsp3) is 0.357. The van der Waals surface area contributed by atoms with E-state index in [0.29, 0.717) is 10.6 Å². The molecular formula is C14H15ClF3N3O4. The number of halogens is 4. The second-order valence-electron chi connectivity index (χ2n) is 4.87. The maximum atomic E-state index is 11.9. The van der Waals surface area contributed by atoms with Crippen molar-refractivity contribution in [2.24, 2.45) is 5.73 Å². The fourth-order valence-corrected chi connectivity index (χ4v) is 1.87. The van der Waals surface area contributed by atoms with E-state index in [1.807, 2.05) is 0 Å². The predicted molar refractivity (Wildman–Crippen MR) is 81.6 cm³/mol. The molecule has 0 heterocycles. The summed E-state index contributed by atoms with van der Waals surface area (Å²) in [6, 6.07) is 4.42. The lowest BCUT2D eigenvalue weighted by Crippen LogP contribution is -2.37. The Labute approximate surface area is 145 Å². The minimum absolute atomic E-state index is 0.378. The molecule has 0 aromatic heterocycles. The van der Waals surface area contributed by atoms with E-state index in [0.717, 1.165) is 0 Å². The van der Waals surface area contributed by atoms with Crippen molar-refractivity contribution in [1.29, 1.82) is 0 Å². The van der Waals surface area contributed by atoms with Crippen LogP contribution in [0.15, 0.2) is 24.3 Å². The Balaban J connectivity index is 2.56. The van der Waals surface area contributed by atoms with E-state index in [-0.39, 0.29) is 6.42 Å². The molecule has 1 rings (SSSR count). The van der Waals surface area contributed by atoms with Gasteiger partial charge in [0.25, 0.3) is 5.91 Å². The highest BCUT2D eigenvalue weighted by Crippen LogP contribution is 2.20. The molecule has 25 heavy (non-hydrogen) atoms. The van der Waals surface area contributed by atoms with E-state index in [2.05, 4.69) is 10.1 Å². The van der Waals surface area contributed by atoms with Gasteiger partial charge in [-0.1, -0.05) is 23.7 Å². The molecule has 0 bridgehead atoms. The minimum Gasteiger partial charge on any atom is -0.456 e. The van der Waals surface area contributed by atoms with E-state index >= 15 is 0 Å². The second-order valence-corrected chi connectivity index (χ2v) is 5.31. The molecule has 11 heteroatoms. The first kappa shape index (κ1) is 20.6. The monoisotopic (exact) mass is 381 g/mol. The first-order chi connectivity index (χ1) is 11.6. The molecule has 1 aromatic carbocycles. The Kier molecular flexibility index (Phi) is 7.49. The number of primary amides is 1. The third kappa shape index (κ3) is 8.80. The number of hydrogen-bond donors (Lipinski definition) is 3. The van der Waals surface area contributed by atoms with Crippen molar-refractivity contribution in [1.82, 2.24) is 10.6 Å². The summed E-state index contributed by atoms with van der Waals surface area (Å²) in [5.74, 6) is -2.01. The quantitative estimate of drug-likeness (QED) is 0.624. The van der Waals surface area contributed by atoms with Crippen LogP contribution in [0.4, 0.5) is 18.0 Å². The smallest absolute Gasteiger partial charge is 0.405 e. The number of carbonyl (C=O) groups excluding carboxylic acids is 3. The van der Waals surface area contributed by atoms with Gasteiger partial charge in [-0.25, -0.2) is 4.79 Å². The molecule has 1 aromatic rings. The number of rotatable bonds is 7. The van der Waals surface area contributed by atoms with Crippen LogP contribution in [0.25, 0.3) is 0 Å².